The number of aryl methyl sites for hydroxylation is 4. The van der Waals surface area contributed by atoms with Gasteiger partial charge in [0.05, 0.1) is 35.7 Å². The van der Waals surface area contributed by atoms with Crippen LogP contribution in [0.2, 0.25) is 0 Å². The average molecular weight is 742 g/mol. The minimum Gasteiger partial charge on any atom is -0.545 e. The van der Waals surface area contributed by atoms with Crippen LogP contribution in [0.1, 0.15) is 63.7 Å². The summed E-state index contributed by atoms with van der Waals surface area (Å²) in [7, 11) is 0. The smallest absolute Gasteiger partial charge is 0.545 e. The Kier molecular flexibility index (Phi) is 22.5. The summed E-state index contributed by atoms with van der Waals surface area (Å²) in [6.07, 6.45) is 10.2. The monoisotopic (exact) mass is 741 g/mol. The van der Waals surface area contributed by atoms with Crippen molar-refractivity contribution in [1.29, 1.82) is 0 Å². The van der Waals surface area contributed by atoms with E-state index < -0.39 is 23.9 Å². The number of aromatic carboxylic acids is 4. The van der Waals surface area contributed by atoms with E-state index in [2.05, 4.69) is 19.9 Å². The largest absolute Gasteiger partial charge is 2.00 e. The number of carboxylic acids is 4. The van der Waals surface area contributed by atoms with Crippen molar-refractivity contribution in [2.24, 2.45) is 0 Å². The summed E-state index contributed by atoms with van der Waals surface area (Å²) in [5, 5.41) is 37.8. The van der Waals surface area contributed by atoms with Gasteiger partial charge >= 0.3 is 29.0 Å². The molecule has 0 aliphatic rings. The Bertz CT molecular complexity index is 1600. The van der Waals surface area contributed by atoms with Crippen LogP contribution in [0.25, 0.3) is 0 Å². The van der Waals surface area contributed by atoms with Crippen molar-refractivity contribution in [3.63, 3.8) is 0 Å². The van der Waals surface area contributed by atoms with Crippen LogP contribution in [0.15, 0.2) is 135 Å². The first-order valence-corrected chi connectivity index (χ1v) is 14.8. The molecule has 0 aliphatic heterocycles. The first kappa shape index (κ1) is 44.7. The molecule has 269 valence electrons. The van der Waals surface area contributed by atoms with E-state index >= 15 is 0 Å². The summed E-state index contributed by atoms with van der Waals surface area (Å²) in [5.74, 6) is -3.95. The molecule has 13 heteroatoms. The number of carbonyl (C=O) groups is 4. The van der Waals surface area contributed by atoms with Crippen LogP contribution in [0, 0.1) is 27.7 Å². The Balaban J connectivity index is 0.000000597. The fourth-order valence-electron chi connectivity index (χ4n) is 3.66. The van der Waals surface area contributed by atoms with Gasteiger partial charge in [0, 0.05) is 35.9 Å². The van der Waals surface area contributed by atoms with Crippen LogP contribution in [-0.2, 0) is 17.1 Å². The van der Waals surface area contributed by atoms with Crippen molar-refractivity contribution in [3.8, 4) is 0 Å². The fourth-order valence-corrected chi connectivity index (χ4v) is 3.66. The van der Waals surface area contributed by atoms with E-state index in [1.807, 2.05) is 12.1 Å². The van der Waals surface area contributed by atoms with E-state index in [1.54, 1.807) is 138 Å². The third-order valence-electron chi connectivity index (χ3n) is 6.29. The number of imidazole rings is 2. The van der Waals surface area contributed by atoms with Gasteiger partial charge in [-0.2, -0.15) is 0 Å². The Labute approximate surface area is 306 Å². The van der Waals surface area contributed by atoms with Gasteiger partial charge in [-0.25, -0.2) is 19.6 Å². The van der Waals surface area contributed by atoms with Gasteiger partial charge in [0.1, 0.15) is 0 Å². The Morgan fingerprint density at radius 2 is 0.745 bits per heavy atom. The second-order valence-electron chi connectivity index (χ2n) is 9.97. The van der Waals surface area contributed by atoms with Gasteiger partial charge in [0.2, 0.25) is 0 Å². The Morgan fingerprint density at radius 3 is 0.863 bits per heavy atom. The van der Waals surface area contributed by atoms with Crippen LogP contribution in [0.5, 0.6) is 0 Å². The molecule has 0 unspecified atom stereocenters. The van der Waals surface area contributed by atoms with E-state index in [9.17, 15) is 29.4 Å². The predicted molar refractivity (Wildman–Crippen MR) is 184 cm³/mol. The molecule has 0 atom stereocenters. The van der Waals surface area contributed by atoms with Gasteiger partial charge in [-0.1, -0.05) is 84.9 Å². The van der Waals surface area contributed by atoms with Crippen molar-refractivity contribution >= 4 is 23.9 Å². The SMILES string of the molecule is Cc1ccccc1C(=O)O.Cc1ccccc1C(=O)O.Cc1ccccc1C(=O)[O-].Cc1ccccc1C(=O)[O-].[Cu+2].c1c[nH]cn1.c1c[nH]cn1. The fraction of sp³-hybridized carbons (Fsp3) is 0.105. The second kappa shape index (κ2) is 25.7. The Morgan fingerprint density at radius 1 is 0.490 bits per heavy atom. The molecule has 51 heavy (non-hydrogen) atoms. The van der Waals surface area contributed by atoms with Gasteiger partial charge in [0.25, 0.3) is 0 Å². The predicted octanol–water partition coefficient (Wildman–Crippen LogP) is 4.92. The summed E-state index contributed by atoms with van der Waals surface area (Å²) in [6.45, 7) is 7.04. The maximum Gasteiger partial charge on any atom is 2.00 e. The molecule has 6 aromatic rings. The Hall–Kier alpha value is -6.30. The van der Waals surface area contributed by atoms with E-state index in [4.69, 9.17) is 10.2 Å². The molecular formula is C38H38CuN4O8. The molecule has 0 amide bonds. The van der Waals surface area contributed by atoms with E-state index in [0.29, 0.717) is 11.1 Å². The number of carboxylic acid groups (broad SMARTS) is 4. The summed E-state index contributed by atoms with van der Waals surface area (Å²) < 4.78 is 0. The molecule has 2 heterocycles. The molecule has 4 N–H and O–H groups in total. The van der Waals surface area contributed by atoms with Gasteiger partial charge in [0.15, 0.2) is 0 Å². The molecule has 0 aliphatic carbocycles. The molecule has 0 saturated heterocycles. The molecule has 0 bridgehead atoms. The third-order valence-corrected chi connectivity index (χ3v) is 6.29. The molecule has 4 aromatic carbocycles. The summed E-state index contributed by atoms with van der Waals surface area (Å²) >= 11 is 0. The standard InChI is InChI=1S/4C8H8O2.2C3H4N2.Cu/c4*1-6-4-2-3-5-7(6)8(9)10;2*1-2-5-3-4-1;/h4*2-5H,1H3,(H,9,10);2*1-3H,(H,4,5);/q;;;;;;+2/p-2. The summed E-state index contributed by atoms with van der Waals surface area (Å²) in [6, 6.07) is 27.3. The van der Waals surface area contributed by atoms with Crippen molar-refractivity contribution in [1.82, 2.24) is 19.9 Å². The summed E-state index contributed by atoms with van der Waals surface area (Å²) in [5.41, 5.74) is 4.37. The van der Waals surface area contributed by atoms with E-state index in [-0.39, 0.29) is 28.2 Å². The molecule has 2 aromatic heterocycles. The zero-order valence-electron chi connectivity index (χ0n) is 28.2. The van der Waals surface area contributed by atoms with Crippen LogP contribution in [-0.4, -0.2) is 54.0 Å². The van der Waals surface area contributed by atoms with Crippen molar-refractivity contribution in [3.05, 3.63) is 179 Å². The minimum absolute atomic E-state index is 0. The topological polar surface area (TPSA) is 212 Å². The first-order chi connectivity index (χ1) is 23.9. The number of rotatable bonds is 4. The molecular weight excluding hydrogens is 704 g/mol. The van der Waals surface area contributed by atoms with Gasteiger partial charge in [-0.15, -0.1) is 0 Å². The quantitative estimate of drug-likeness (QED) is 0.179. The normalized spacial score (nSPS) is 8.86. The third kappa shape index (κ3) is 18.7. The van der Waals surface area contributed by atoms with Gasteiger partial charge in [-0.3, -0.25) is 0 Å². The van der Waals surface area contributed by atoms with Crippen molar-refractivity contribution < 1.29 is 56.7 Å². The van der Waals surface area contributed by atoms with Gasteiger partial charge in [-0.05, 0) is 62.1 Å². The molecule has 6 rings (SSSR count). The minimum atomic E-state index is -1.11. The number of nitrogens with zero attached hydrogens (tertiary/aromatic N) is 2. The van der Waals surface area contributed by atoms with Gasteiger partial charge < -0.3 is 40.0 Å². The van der Waals surface area contributed by atoms with Crippen LogP contribution < -0.4 is 10.2 Å². The number of carbonyl (C=O) groups excluding carboxylic acids is 2. The average Bonchev–Trinajstić information content (AvgIpc) is 3.87. The molecule has 12 nitrogen and oxygen atoms in total. The first-order valence-electron chi connectivity index (χ1n) is 14.8. The maximum absolute atomic E-state index is 10.4. The number of aromatic nitrogens is 4. The van der Waals surface area contributed by atoms with Crippen LogP contribution >= 0.6 is 0 Å². The van der Waals surface area contributed by atoms with E-state index in [1.165, 1.54) is 12.1 Å². The number of nitrogens with one attached hydrogen (secondary N) is 2. The molecule has 0 spiro atoms. The summed E-state index contributed by atoms with van der Waals surface area (Å²) in [4.78, 5) is 54.3. The number of hydrogen-bond acceptors (Lipinski definition) is 8. The number of aromatic amines is 2. The van der Waals surface area contributed by atoms with E-state index in [0.717, 1.165) is 22.3 Å². The van der Waals surface area contributed by atoms with Crippen LogP contribution in [0.4, 0.5) is 0 Å². The zero-order chi connectivity index (χ0) is 37.3. The number of benzene rings is 4. The van der Waals surface area contributed by atoms with Crippen molar-refractivity contribution in [2.45, 2.75) is 27.7 Å². The molecule has 1 radical (unpaired) electrons. The molecule has 0 fully saturated rings. The maximum atomic E-state index is 10.4. The van der Waals surface area contributed by atoms with Crippen LogP contribution in [0.3, 0.4) is 0 Å². The number of hydrogen-bond donors (Lipinski definition) is 4. The van der Waals surface area contributed by atoms with Crippen molar-refractivity contribution in [2.75, 3.05) is 0 Å². The zero-order valence-corrected chi connectivity index (χ0v) is 29.2. The molecule has 0 saturated carbocycles. The number of H-pyrrole nitrogens is 2. The second-order valence-corrected chi connectivity index (χ2v) is 9.97.